The summed E-state index contributed by atoms with van der Waals surface area (Å²) in [6.07, 6.45) is 20.2. The van der Waals surface area contributed by atoms with E-state index in [9.17, 15) is 9.59 Å². The van der Waals surface area contributed by atoms with Crippen LogP contribution in [0.2, 0.25) is 0 Å². The predicted molar refractivity (Wildman–Crippen MR) is 122 cm³/mol. The summed E-state index contributed by atoms with van der Waals surface area (Å²) in [7, 11) is 0. The van der Waals surface area contributed by atoms with Gasteiger partial charge in [-0.25, -0.2) is 4.79 Å². The smallest absolute Gasteiger partial charge is 1.00 e. The Morgan fingerprint density at radius 1 is 0.667 bits per heavy atom. The maximum absolute atomic E-state index is 10.3. The van der Waals surface area contributed by atoms with Gasteiger partial charge in [-0.05, 0) is 18.6 Å². The Bertz CT molecular complexity index is 512. The van der Waals surface area contributed by atoms with Crippen LogP contribution in [0.4, 0.5) is 0 Å². The second kappa shape index (κ2) is 24.0. The summed E-state index contributed by atoms with van der Waals surface area (Å²) < 4.78 is 0. The third kappa shape index (κ3) is 23.0. The molecule has 0 atom stereocenters. The molecular formula is C25H43LiO4. The van der Waals surface area contributed by atoms with Crippen LogP contribution in [0.1, 0.15) is 121 Å². The number of benzene rings is 1. The number of hydrogen-bond acceptors (Lipinski definition) is 2. The Morgan fingerprint density at radius 2 is 1.03 bits per heavy atom. The zero-order valence-electron chi connectivity index (χ0n) is 20.4. The minimum Gasteiger partial charge on any atom is -1.00 e. The van der Waals surface area contributed by atoms with E-state index in [0.29, 0.717) is 12.0 Å². The number of aliphatic carboxylic acids is 1. The molecular weight excluding hydrogens is 371 g/mol. The standard InChI is InChI=1S/C18H36O2.C7H6O2.Li.H/c1-2-3-4-5-6-7-8-9-10-11-12-13-14-15-16-17-18(19)20;8-7(9)6-4-2-1-3-5-6;;/h2-17H2,1H3,(H,19,20);1-5H,(H,8,9);;/q;;+1;-1. The Kier molecular flexibility index (Phi) is 24.8. The Labute approximate surface area is 197 Å². The van der Waals surface area contributed by atoms with Crippen molar-refractivity contribution in [2.24, 2.45) is 0 Å². The number of carboxylic acids is 2. The van der Waals surface area contributed by atoms with E-state index in [1.165, 1.54) is 83.5 Å². The van der Waals surface area contributed by atoms with Crippen molar-refractivity contribution in [2.75, 3.05) is 0 Å². The van der Waals surface area contributed by atoms with E-state index in [1.807, 2.05) is 0 Å². The minimum atomic E-state index is -0.879. The maximum atomic E-state index is 10.3. The van der Waals surface area contributed by atoms with Gasteiger partial charge in [-0.15, -0.1) is 0 Å². The van der Waals surface area contributed by atoms with Crippen molar-refractivity contribution in [3.63, 3.8) is 0 Å². The molecule has 0 aliphatic rings. The zero-order chi connectivity index (χ0) is 21.6. The monoisotopic (exact) mass is 414 g/mol. The van der Waals surface area contributed by atoms with Crippen molar-refractivity contribution in [1.82, 2.24) is 0 Å². The van der Waals surface area contributed by atoms with Crippen molar-refractivity contribution in [2.45, 2.75) is 110 Å². The molecule has 1 aromatic carbocycles. The topological polar surface area (TPSA) is 74.6 Å². The van der Waals surface area contributed by atoms with Crippen LogP contribution in [0, 0.1) is 0 Å². The molecule has 5 heteroatoms. The fourth-order valence-electron chi connectivity index (χ4n) is 3.23. The molecule has 30 heavy (non-hydrogen) atoms. The van der Waals surface area contributed by atoms with Gasteiger partial charge in [0.25, 0.3) is 0 Å². The molecule has 0 saturated carbocycles. The Morgan fingerprint density at radius 3 is 1.33 bits per heavy atom. The van der Waals surface area contributed by atoms with Crippen molar-refractivity contribution in [3.8, 4) is 0 Å². The van der Waals surface area contributed by atoms with Crippen LogP contribution in [0.5, 0.6) is 0 Å². The molecule has 0 amide bonds. The van der Waals surface area contributed by atoms with Crippen LogP contribution in [0.25, 0.3) is 0 Å². The maximum Gasteiger partial charge on any atom is 1.00 e. The molecule has 168 valence electrons. The van der Waals surface area contributed by atoms with Crippen LogP contribution >= 0.6 is 0 Å². The molecule has 1 rings (SSSR count). The molecule has 0 spiro atoms. The van der Waals surface area contributed by atoms with Crippen LogP contribution in [0.15, 0.2) is 30.3 Å². The molecule has 0 fully saturated rings. The van der Waals surface area contributed by atoms with E-state index in [4.69, 9.17) is 10.2 Å². The van der Waals surface area contributed by atoms with Crippen LogP contribution in [-0.2, 0) is 4.79 Å². The van der Waals surface area contributed by atoms with Gasteiger partial charge < -0.3 is 11.6 Å². The molecule has 0 radical (unpaired) electrons. The van der Waals surface area contributed by atoms with E-state index >= 15 is 0 Å². The molecule has 0 aliphatic carbocycles. The van der Waals surface area contributed by atoms with Crippen molar-refractivity contribution >= 4 is 11.9 Å². The first kappa shape index (κ1) is 30.9. The van der Waals surface area contributed by atoms with E-state index < -0.39 is 11.9 Å². The first-order valence-electron chi connectivity index (χ1n) is 11.6. The molecule has 0 unspecified atom stereocenters. The van der Waals surface area contributed by atoms with Crippen molar-refractivity contribution in [1.29, 1.82) is 0 Å². The fraction of sp³-hybridized carbons (Fsp3) is 0.680. The molecule has 0 aliphatic heterocycles. The largest absolute Gasteiger partial charge is 1.00 e. The number of rotatable bonds is 17. The summed E-state index contributed by atoms with van der Waals surface area (Å²) in [6, 6.07) is 8.30. The van der Waals surface area contributed by atoms with Gasteiger partial charge in [0, 0.05) is 6.42 Å². The normalized spacial score (nSPS) is 9.90. The molecule has 0 bridgehead atoms. The molecule has 0 saturated heterocycles. The van der Waals surface area contributed by atoms with E-state index in [0.717, 1.165) is 12.8 Å². The van der Waals surface area contributed by atoms with Gasteiger partial charge in [0.15, 0.2) is 0 Å². The average Bonchev–Trinajstić information content (AvgIpc) is 2.72. The zero-order valence-corrected chi connectivity index (χ0v) is 19.4. The molecule has 4 nitrogen and oxygen atoms in total. The van der Waals surface area contributed by atoms with Gasteiger partial charge in [-0.3, -0.25) is 4.79 Å². The van der Waals surface area contributed by atoms with Crippen molar-refractivity contribution in [3.05, 3.63) is 35.9 Å². The summed E-state index contributed by atoms with van der Waals surface area (Å²) in [4.78, 5) is 20.5. The van der Waals surface area contributed by atoms with E-state index in [1.54, 1.807) is 30.3 Å². The number of aromatic carboxylic acids is 1. The number of unbranched alkanes of at least 4 members (excludes halogenated alkanes) is 14. The molecule has 0 aromatic heterocycles. The second-order valence-corrected chi connectivity index (χ2v) is 7.76. The molecule has 0 heterocycles. The summed E-state index contributed by atoms with van der Waals surface area (Å²) in [6.45, 7) is 2.27. The van der Waals surface area contributed by atoms with Crippen LogP contribution in [0.3, 0.4) is 0 Å². The van der Waals surface area contributed by atoms with Crippen LogP contribution in [-0.4, -0.2) is 22.2 Å². The summed E-state index contributed by atoms with van der Waals surface area (Å²) in [5, 5.41) is 16.9. The number of carbonyl (C=O) groups is 2. The quantitative estimate of drug-likeness (QED) is 0.283. The first-order chi connectivity index (χ1) is 14.1. The van der Waals surface area contributed by atoms with E-state index in [-0.39, 0.29) is 20.3 Å². The summed E-state index contributed by atoms with van der Waals surface area (Å²) in [5.41, 5.74) is 0.331. The molecule has 1 aromatic rings. The van der Waals surface area contributed by atoms with Gasteiger partial charge in [0.2, 0.25) is 0 Å². The third-order valence-electron chi connectivity index (χ3n) is 5.01. The average molecular weight is 415 g/mol. The summed E-state index contributed by atoms with van der Waals surface area (Å²) in [5.74, 6) is -1.53. The number of hydrogen-bond donors (Lipinski definition) is 2. The minimum absolute atomic E-state index is 0. The first-order valence-corrected chi connectivity index (χ1v) is 11.6. The van der Waals surface area contributed by atoms with Gasteiger partial charge in [-0.2, -0.15) is 0 Å². The van der Waals surface area contributed by atoms with E-state index in [2.05, 4.69) is 6.92 Å². The van der Waals surface area contributed by atoms with Gasteiger partial charge >= 0.3 is 30.8 Å². The van der Waals surface area contributed by atoms with Crippen LogP contribution < -0.4 is 18.9 Å². The van der Waals surface area contributed by atoms with Gasteiger partial charge in [0.1, 0.15) is 0 Å². The number of carboxylic acid groups (broad SMARTS) is 2. The Hall–Kier alpha value is -1.24. The van der Waals surface area contributed by atoms with Gasteiger partial charge in [0.05, 0.1) is 5.56 Å². The summed E-state index contributed by atoms with van der Waals surface area (Å²) >= 11 is 0. The SMILES string of the molecule is CCCCCCCCCCCCCCCCCC(=O)O.O=C(O)c1ccccc1.[H-].[Li+]. The Balaban J connectivity index is -0.000000598. The van der Waals surface area contributed by atoms with Crippen molar-refractivity contribution < 1.29 is 40.1 Å². The fourth-order valence-corrected chi connectivity index (χ4v) is 3.23. The van der Waals surface area contributed by atoms with Gasteiger partial charge in [-0.1, -0.05) is 115 Å². The second-order valence-electron chi connectivity index (χ2n) is 7.76. The molecule has 2 N–H and O–H groups in total. The third-order valence-corrected chi connectivity index (χ3v) is 5.01. The predicted octanol–water partition coefficient (Wildman–Crippen LogP) is 4.83.